The van der Waals surface area contributed by atoms with Gasteiger partial charge in [-0.2, -0.15) is 0 Å². The van der Waals surface area contributed by atoms with Crippen molar-refractivity contribution in [2.24, 2.45) is 10.9 Å². The number of hydrogen-bond acceptors (Lipinski definition) is 6. The summed E-state index contributed by atoms with van der Waals surface area (Å²) >= 11 is 0. The molecule has 2 aromatic carbocycles. The molecule has 3 aliphatic heterocycles. The van der Waals surface area contributed by atoms with Crippen molar-refractivity contribution >= 4 is 44.9 Å². The van der Waals surface area contributed by atoms with Gasteiger partial charge in [0.2, 0.25) is 5.91 Å². The van der Waals surface area contributed by atoms with E-state index in [1.54, 1.807) is 12.0 Å². The standard InChI is InChI=1S/C33H37N5O3/c1-19(2)37-17-24-29(31-27(18-38(20(3)39)33(31)40)34-25-9-8-10-28(37)30(24)25)23-15-21-11-12-22(41-4)16-26(21)35-32(23)36-13-6-5-7-14-36/h8-12,15-17,19,29,31,33,40H,5-7,13-14,18H2,1-4H3/t29-,31+,33-/m1/s1. The summed E-state index contributed by atoms with van der Waals surface area (Å²) in [5, 5.41) is 14.0. The number of aliphatic imine (C=N–C) groups is 1. The molecule has 1 N–H and O–H groups in total. The van der Waals surface area contributed by atoms with E-state index >= 15 is 0 Å². The molecule has 7 rings (SSSR count). The monoisotopic (exact) mass is 551 g/mol. The second kappa shape index (κ2) is 9.87. The number of nitrogens with zero attached hydrogens (tertiary/aromatic N) is 5. The number of aromatic nitrogens is 2. The van der Waals surface area contributed by atoms with Gasteiger partial charge < -0.3 is 24.2 Å². The van der Waals surface area contributed by atoms with E-state index in [2.05, 4.69) is 59.8 Å². The summed E-state index contributed by atoms with van der Waals surface area (Å²) in [6.07, 6.45) is 4.73. The number of aliphatic hydroxyl groups excluding tert-OH is 1. The highest BCUT2D eigenvalue weighted by molar-refractivity contribution is 6.05. The van der Waals surface area contributed by atoms with Crippen LogP contribution in [0.1, 0.15) is 63.1 Å². The van der Waals surface area contributed by atoms with E-state index in [-0.39, 0.29) is 17.9 Å². The number of methoxy groups -OCH3 is 1. The summed E-state index contributed by atoms with van der Waals surface area (Å²) in [4.78, 5) is 27.1. The fourth-order valence-corrected chi connectivity index (χ4v) is 7.17. The molecular weight excluding hydrogens is 514 g/mol. The molecule has 8 nitrogen and oxygen atoms in total. The molecule has 212 valence electrons. The van der Waals surface area contributed by atoms with Crippen LogP contribution in [0.4, 0.5) is 11.5 Å². The van der Waals surface area contributed by atoms with Crippen molar-refractivity contribution in [3.05, 3.63) is 59.8 Å². The molecule has 0 spiro atoms. The number of ether oxygens (including phenoxy) is 1. The van der Waals surface area contributed by atoms with E-state index in [1.807, 2.05) is 12.1 Å². The molecule has 3 atom stereocenters. The number of carbonyl (C=O) groups excluding carboxylic acids is 1. The molecule has 0 bridgehead atoms. The van der Waals surface area contributed by atoms with Crippen LogP contribution >= 0.6 is 0 Å². The van der Waals surface area contributed by atoms with Gasteiger partial charge in [-0.1, -0.05) is 6.07 Å². The van der Waals surface area contributed by atoms with Gasteiger partial charge in [0.1, 0.15) is 17.8 Å². The van der Waals surface area contributed by atoms with Crippen molar-refractivity contribution in [2.75, 3.05) is 31.6 Å². The SMILES string of the molecule is COc1ccc2cc([C@@H]3c4cn(C(C)C)c5cccc(c45)N=C4CN(C(C)=O)[C@H](O)[C@@H]43)c(N3CCCCC3)nc2c1. The molecule has 41 heavy (non-hydrogen) atoms. The molecule has 8 heteroatoms. The predicted octanol–water partition coefficient (Wildman–Crippen LogP) is 5.78. The lowest BCUT2D eigenvalue weighted by molar-refractivity contribution is -0.137. The van der Waals surface area contributed by atoms with E-state index in [1.165, 1.54) is 13.3 Å². The molecule has 2 fully saturated rings. The second-order valence-electron chi connectivity index (χ2n) is 11.9. The summed E-state index contributed by atoms with van der Waals surface area (Å²) in [5.41, 5.74) is 5.97. The first kappa shape index (κ1) is 26.0. The van der Waals surface area contributed by atoms with Gasteiger partial charge in [0.05, 0.1) is 36.3 Å². The quantitative estimate of drug-likeness (QED) is 0.348. The third kappa shape index (κ3) is 4.10. The lowest BCUT2D eigenvalue weighted by atomic mass is 9.78. The molecule has 5 heterocycles. The van der Waals surface area contributed by atoms with Crippen LogP contribution in [0.5, 0.6) is 5.75 Å². The van der Waals surface area contributed by atoms with Gasteiger partial charge in [-0.3, -0.25) is 9.79 Å². The number of likely N-dealkylation sites (tertiary alicyclic amines) is 1. The van der Waals surface area contributed by atoms with E-state index in [0.29, 0.717) is 6.54 Å². The lowest BCUT2D eigenvalue weighted by Crippen LogP contribution is -2.38. The third-order valence-electron chi connectivity index (χ3n) is 9.17. The van der Waals surface area contributed by atoms with Crippen LogP contribution in [0.15, 0.2) is 53.7 Å². The summed E-state index contributed by atoms with van der Waals surface area (Å²) in [6.45, 7) is 8.11. The molecule has 2 saturated heterocycles. The Morgan fingerprint density at radius 1 is 1.07 bits per heavy atom. The molecule has 0 radical (unpaired) electrons. The van der Waals surface area contributed by atoms with E-state index in [0.717, 1.165) is 81.8 Å². The lowest BCUT2D eigenvalue weighted by Gasteiger charge is -2.34. The summed E-state index contributed by atoms with van der Waals surface area (Å²) in [5.74, 6) is 0.950. The topological polar surface area (TPSA) is 83.2 Å². The average molecular weight is 552 g/mol. The normalized spacial score (nSPS) is 22.3. The van der Waals surface area contributed by atoms with Crippen molar-refractivity contribution in [3.8, 4) is 5.75 Å². The molecule has 3 aliphatic rings. The minimum absolute atomic E-state index is 0.148. The first-order valence-corrected chi connectivity index (χ1v) is 14.8. The predicted molar refractivity (Wildman–Crippen MR) is 163 cm³/mol. The smallest absolute Gasteiger partial charge is 0.221 e. The molecule has 1 amide bonds. The summed E-state index contributed by atoms with van der Waals surface area (Å²) in [7, 11) is 1.68. The minimum atomic E-state index is -0.983. The summed E-state index contributed by atoms with van der Waals surface area (Å²) in [6, 6.07) is 14.8. The number of hydrogen-bond donors (Lipinski definition) is 1. The van der Waals surface area contributed by atoms with Crippen LogP contribution in [0.3, 0.4) is 0 Å². The van der Waals surface area contributed by atoms with Gasteiger partial charge in [-0.15, -0.1) is 0 Å². The van der Waals surface area contributed by atoms with Crippen molar-refractivity contribution in [3.63, 3.8) is 0 Å². The fourth-order valence-electron chi connectivity index (χ4n) is 7.17. The van der Waals surface area contributed by atoms with Crippen molar-refractivity contribution in [1.82, 2.24) is 14.5 Å². The zero-order chi connectivity index (χ0) is 28.4. The highest BCUT2D eigenvalue weighted by Crippen LogP contribution is 2.50. The van der Waals surface area contributed by atoms with Crippen LogP contribution < -0.4 is 9.64 Å². The van der Waals surface area contributed by atoms with Crippen LogP contribution in [0, 0.1) is 5.92 Å². The number of anilines is 1. The van der Waals surface area contributed by atoms with Crippen molar-refractivity contribution in [2.45, 2.75) is 58.2 Å². The van der Waals surface area contributed by atoms with Crippen LogP contribution in [-0.4, -0.2) is 64.1 Å². The Labute approximate surface area is 240 Å². The number of pyridine rings is 1. The van der Waals surface area contributed by atoms with E-state index in [4.69, 9.17) is 14.7 Å². The Bertz CT molecular complexity index is 1700. The Morgan fingerprint density at radius 3 is 2.61 bits per heavy atom. The number of rotatable bonds is 4. The molecular formula is C33H37N5O3. The number of benzene rings is 2. The van der Waals surface area contributed by atoms with Gasteiger partial charge in [0.15, 0.2) is 0 Å². The number of amides is 1. The maximum absolute atomic E-state index is 12.7. The van der Waals surface area contributed by atoms with Gasteiger partial charge in [-0.25, -0.2) is 4.98 Å². The minimum Gasteiger partial charge on any atom is -0.497 e. The van der Waals surface area contributed by atoms with E-state index < -0.39 is 12.1 Å². The third-order valence-corrected chi connectivity index (χ3v) is 9.17. The van der Waals surface area contributed by atoms with E-state index in [9.17, 15) is 9.90 Å². The molecule has 4 aromatic rings. The van der Waals surface area contributed by atoms with Crippen LogP contribution in [0.2, 0.25) is 0 Å². The Kier molecular flexibility index (Phi) is 6.27. The highest BCUT2D eigenvalue weighted by atomic mass is 16.5. The van der Waals surface area contributed by atoms with Crippen molar-refractivity contribution in [1.29, 1.82) is 0 Å². The Balaban J connectivity index is 1.54. The van der Waals surface area contributed by atoms with Crippen LogP contribution in [0.25, 0.3) is 21.8 Å². The number of carbonyl (C=O) groups is 1. The first-order valence-electron chi connectivity index (χ1n) is 14.8. The Morgan fingerprint density at radius 2 is 1.88 bits per heavy atom. The van der Waals surface area contributed by atoms with Gasteiger partial charge in [0, 0.05) is 66.3 Å². The second-order valence-corrected chi connectivity index (χ2v) is 11.9. The zero-order valence-corrected chi connectivity index (χ0v) is 24.2. The molecule has 2 aromatic heterocycles. The maximum atomic E-state index is 12.7. The first-order chi connectivity index (χ1) is 19.9. The highest BCUT2D eigenvalue weighted by Gasteiger charge is 2.48. The van der Waals surface area contributed by atoms with Gasteiger partial charge in [-0.05, 0) is 69.0 Å². The number of aliphatic hydroxyl groups is 1. The average Bonchev–Trinajstić information content (AvgIpc) is 3.48. The van der Waals surface area contributed by atoms with Gasteiger partial charge in [0.25, 0.3) is 0 Å². The van der Waals surface area contributed by atoms with Crippen LogP contribution in [-0.2, 0) is 4.79 Å². The maximum Gasteiger partial charge on any atom is 0.221 e. The number of piperidine rings is 1. The van der Waals surface area contributed by atoms with Crippen molar-refractivity contribution < 1.29 is 14.6 Å². The number of fused-ring (bicyclic) bond motifs is 2. The van der Waals surface area contributed by atoms with Gasteiger partial charge >= 0.3 is 0 Å². The Hall–Kier alpha value is -3.91. The molecule has 0 unspecified atom stereocenters. The fraction of sp³-hybridized carbons (Fsp3) is 0.424. The molecule has 0 aliphatic carbocycles. The summed E-state index contributed by atoms with van der Waals surface area (Å²) < 4.78 is 7.85. The zero-order valence-electron chi connectivity index (χ0n) is 24.2. The molecule has 0 saturated carbocycles. The largest absolute Gasteiger partial charge is 0.497 e.